The highest BCUT2D eigenvalue weighted by Crippen LogP contribution is 2.36. The third kappa shape index (κ3) is 5.11. The minimum Gasteiger partial charge on any atom is -0.490 e. The fraction of sp³-hybridized carbons (Fsp3) is 0.346. The summed E-state index contributed by atoms with van der Waals surface area (Å²) in [5.41, 5.74) is 2.56. The molecule has 3 aromatic rings. The van der Waals surface area contributed by atoms with Crippen molar-refractivity contribution in [3.63, 3.8) is 0 Å². The molecule has 3 nitrogen and oxygen atoms in total. The van der Waals surface area contributed by atoms with E-state index in [9.17, 15) is 4.79 Å². The number of ether oxygens (including phenoxy) is 2. The van der Waals surface area contributed by atoms with Crippen LogP contribution in [0.1, 0.15) is 59.9 Å². The van der Waals surface area contributed by atoms with Crippen LogP contribution in [0.4, 0.5) is 0 Å². The zero-order chi connectivity index (χ0) is 20.8. The molecule has 1 fully saturated rings. The summed E-state index contributed by atoms with van der Waals surface area (Å²) in [5.74, 6) is 1.39. The summed E-state index contributed by atoms with van der Waals surface area (Å²) in [4.78, 5) is 13.1. The van der Waals surface area contributed by atoms with Crippen LogP contribution in [0.25, 0.3) is 0 Å². The van der Waals surface area contributed by atoms with Crippen molar-refractivity contribution >= 4 is 17.3 Å². The van der Waals surface area contributed by atoms with E-state index in [1.807, 2.05) is 23.6 Å². The minimum absolute atomic E-state index is 0.0211. The first-order chi connectivity index (χ1) is 14.7. The molecule has 1 unspecified atom stereocenters. The lowest BCUT2D eigenvalue weighted by Gasteiger charge is -2.29. The first kappa shape index (κ1) is 20.7. The Morgan fingerprint density at radius 2 is 1.70 bits per heavy atom. The van der Waals surface area contributed by atoms with Crippen molar-refractivity contribution in [3.05, 3.63) is 88.1 Å². The van der Waals surface area contributed by atoms with E-state index >= 15 is 0 Å². The molecule has 0 saturated heterocycles. The van der Waals surface area contributed by atoms with Crippen molar-refractivity contribution < 1.29 is 14.3 Å². The average Bonchev–Trinajstić information content (AvgIpc) is 3.34. The molecule has 30 heavy (non-hydrogen) atoms. The highest BCUT2D eigenvalue weighted by Gasteiger charge is 2.24. The standard InChI is InChI=1S/C26H28O3S/c1-28-26(27)18-24(25-8-5-17-30-25)21-11-15-23(16-12-21)29-22-13-9-20(10-14-22)19-6-3-2-4-7-19/h2-8,11-12,15-17,20,22,24H,9-10,13-14,18H2,1H3. The third-order valence-electron chi connectivity index (χ3n) is 6.02. The van der Waals surface area contributed by atoms with E-state index in [1.165, 1.54) is 30.4 Å². The second kappa shape index (κ2) is 9.94. The van der Waals surface area contributed by atoms with Gasteiger partial charge in [-0.15, -0.1) is 11.3 Å². The maximum Gasteiger partial charge on any atom is 0.306 e. The van der Waals surface area contributed by atoms with Gasteiger partial charge in [0.05, 0.1) is 19.6 Å². The number of carbonyl (C=O) groups excluding carboxylic acids is 1. The maximum absolute atomic E-state index is 11.9. The van der Waals surface area contributed by atoms with Gasteiger partial charge in [0.2, 0.25) is 0 Å². The molecule has 0 aliphatic heterocycles. The van der Waals surface area contributed by atoms with Crippen LogP contribution in [-0.2, 0) is 9.53 Å². The first-order valence-electron chi connectivity index (χ1n) is 10.6. The predicted molar refractivity (Wildman–Crippen MR) is 121 cm³/mol. The molecular formula is C26H28O3S. The predicted octanol–water partition coefficient (Wildman–Crippen LogP) is 6.55. The number of hydrogen-bond acceptors (Lipinski definition) is 4. The van der Waals surface area contributed by atoms with Crippen LogP contribution in [0.15, 0.2) is 72.1 Å². The molecule has 0 N–H and O–H groups in total. The van der Waals surface area contributed by atoms with Gasteiger partial charge in [-0.05, 0) is 66.3 Å². The number of thiophene rings is 1. The van der Waals surface area contributed by atoms with Crippen LogP contribution >= 0.6 is 11.3 Å². The SMILES string of the molecule is COC(=O)CC(c1ccc(OC2CCC(c3ccccc3)CC2)cc1)c1cccs1. The highest BCUT2D eigenvalue weighted by molar-refractivity contribution is 7.10. The zero-order valence-electron chi connectivity index (χ0n) is 17.3. The number of carbonyl (C=O) groups is 1. The summed E-state index contributed by atoms with van der Waals surface area (Å²) in [6, 6.07) is 23.2. The molecule has 1 aromatic heterocycles. The fourth-order valence-electron chi connectivity index (χ4n) is 4.33. The lowest BCUT2D eigenvalue weighted by atomic mass is 9.83. The lowest BCUT2D eigenvalue weighted by molar-refractivity contribution is -0.140. The second-order valence-corrected chi connectivity index (χ2v) is 8.90. The van der Waals surface area contributed by atoms with Crippen molar-refractivity contribution in [2.75, 3.05) is 7.11 Å². The van der Waals surface area contributed by atoms with Gasteiger partial charge >= 0.3 is 5.97 Å². The normalized spacial score (nSPS) is 19.8. The van der Waals surface area contributed by atoms with Crippen molar-refractivity contribution in [3.8, 4) is 5.75 Å². The number of rotatable bonds is 7. The van der Waals surface area contributed by atoms with E-state index in [1.54, 1.807) is 11.3 Å². The van der Waals surface area contributed by atoms with Crippen molar-refractivity contribution in [2.45, 2.75) is 50.0 Å². The number of methoxy groups -OCH3 is 1. The first-order valence-corrected chi connectivity index (χ1v) is 11.5. The molecule has 156 valence electrons. The summed E-state index contributed by atoms with van der Waals surface area (Å²) in [6.07, 6.45) is 5.14. The lowest BCUT2D eigenvalue weighted by Crippen LogP contribution is -2.23. The van der Waals surface area contributed by atoms with Gasteiger partial charge in [-0.2, -0.15) is 0 Å². The number of benzene rings is 2. The summed E-state index contributed by atoms with van der Waals surface area (Å²) >= 11 is 1.67. The van der Waals surface area contributed by atoms with Gasteiger partial charge in [0.25, 0.3) is 0 Å². The molecule has 4 rings (SSSR count). The Morgan fingerprint density at radius 3 is 2.33 bits per heavy atom. The van der Waals surface area contributed by atoms with Gasteiger partial charge in [-0.3, -0.25) is 4.79 Å². The molecule has 0 bridgehead atoms. The Balaban J connectivity index is 1.37. The Kier molecular flexibility index (Phi) is 6.85. The molecule has 1 atom stereocenters. The molecule has 1 heterocycles. The average molecular weight is 421 g/mol. The summed E-state index contributed by atoms with van der Waals surface area (Å²) < 4.78 is 11.2. The topological polar surface area (TPSA) is 35.5 Å². The van der Waals surface area contributed by atoms with Crippen LogP contribution in [-0.4, -0.2) is 19.2 Å². The van der Waals surface area contributed by atoms with Crippen LogP contribution in [0, 0.1) is 0 Å². The van der Waals surface area contributed by atoms with Crippen LogP contribution < -0.4 is 4.74 Å². The van der Waals surface area contributed by atoms with Crippen LogP contribution in [0.5, 0.6) is 5.75 Å². The van der Waals surface area contributed by atoms with Gasteiger partial charge in [0.1, 0.15) is 5.75 Å². The van der Waals surface area contributed by atoms with Crippen molar-refractivity contribution in [1.82, 2.24) is 0 Å². The Morgan fingerprint density at radius 1 is 0.967 bits per heavy atom. The fourth-order valence-corrected chi connectivity index (χ4v) is 5.19. The number of hydrogen-bond donors (Lipinski definition) is 0. The summed E-state index contributed by atoms with van der Waals surface area (Å²) in [6.45, 7) is 0. The highest BCUT2D eigenvalue weighted by atomic mass is 32.1. The molecule has 1 aliphatic carbocycles. The van der Waals surface area contributed by atoms with Crippen molar-refractivity contribution in [1.29, 1.82) is 0 Å². The zero-order valence-corrected chi connectivity index (χ0v) is 18.1. The van der Waals surface area contributed by atoms with E-state index in [4.69, 9.17) is 9.47 Å². The molecule has 0 amide bonds. The summed E-state index contributed by atoms with van der Waals surface area (Å²) in [5, 5.41) is 2.04. The Bertz CT molecular complexity index is 911. The Hall–Kier alpha value is -2.59. The van der Waals surface area contributed by atoms with E-state index in [0.29, 0.717) is 12.3 Å². The molecule has 0 radical (unpaired) electrons. The summed E-state index contributed by atoms with van der Waals surface area (Å²) in [7, 11) is 1.44. The van der Waals surface area contributed by atoms with Crippen LogP contribution in [0.3, 0.4) is 0 Å². The minimum atomic E-state index is -0.191. The van der Waals surface area contributed by atoms with E-state index in [-0.39, 0.29) is 18.0 Å². The molecular weight excluding hydrogens is 392 g/mol. The van der Waals surface area contributed by atoms with E-state index in [0.717, 1.165) is 24.2 Å². The van der Waals surface area contributed by atoms with E-state index < -0.39 is 0 Å². The monoisotopic (exact) mass is 420 g/mol. The third-order valence-corrected chi connectivity index (χ3v) is 7.00. The Labute approximate surface area is 182 Å². The molecule has 1 aliphatic rings. The van der Waals surface area contributed by atoms with Crippen LogP contribution in [0.2, 0.25) is 0 Å². The number of esters is 1. The van der Waals surface area contributed by atoms with Gasteiger partial charge in [0.15, 0.2) is 0 Å². The van der Waals surface area contributed by atoms with Gasteiger partial charge in [0, 0.05) is 10.8 Å². The molecule has 4 heteroatoms. The molecule has 2 aromatic carbocycles. The van der Waals surface area contributed by atoms with Gasteiger partial charge in [-0.25, -0.2) is 0 Å². The van der Waals surface area contributed by atoms with Gasteiger partial charge < -0.3 is 9.47 Å². The smallest absolute Gasteiger partial charge is 0.306 e. The quantitative estimate of drug-likeness (QED) is 0.407. The van der Waals surface area contributed by atoms with Gasteiger partial charge in [-0.1, -0.05) is 48.5 Å². The van der Waals surface area contributed by atoms with E-state index in [2.05, 4.69) is 48.5 Å². The molecule has 1 saturated carbocycles. The van der Waals surface area contributed by atoms with Crippen molar-refractivity contribution in [2.24, 2.45) is 0 Å². The maximum atomic E-state index is 11.9. The largest absolute Gasteiger partial charge is 0.490 e. The molecule has 0 spiro atoms. The second-order valence-electron chi connectivity index (χ2n) is 7.92.